The number of hydrogen-bond donors (Lipinski definition) is 2. The number of aromatic nitrogens is 4. The van der Waals surface area contributed by atoms with Crippen LogP contribution in [0.3, 0.4) is 0 Å². The molecule has 0 saturated carbocycles. The Labute approximate surface area is 105 Å². The van der Waals surface area contributed by atoms with Crippen LogP contribution in [-0.4, -0.2) is 25.6 Å². The maximum absolute atomic E-state index is 11.7. The quantitative estimate of drug-likeness (QED) is 0.846. The fraction of sp³-hybridized carbons (Fsp3) is 0.583. The molecule has 0 amide bonds. The number of hydrogen-bond acceptors (Lipinski definition) is 4. The summed E-state index contributed by atoms with van der Waals surface area (Å²) in [5.74, 6) is 0.635. The number of rotatable bonds is 2. The highest BCUT2D eigenvalue weighted by atomic mass is 16.1. The predicted octanol–water partition coefficient (Wildman–Crippen LogP) is 1.54. The van der Waals surface area contributed by atoms with Crippen LogP contribution in [0.5, 0.6) is 0 Å². The Balaban J connectivity index is 2.70. The average Bonchev–Trinajstić information content (AvgIpc) is 2.59. The third-order valence-electron chi connectivity index (χ3n) is 2.59. The number of nitrogens with one attached hydrogen (secondary N) is 2. The van der Waals surface area contributed by atoms with Crippen molar-refractivity contribution in [3.63, 3.8) is 0 Å². The summed E-state index contributed by atoms with van der Waals surface area (Å²) >= 11 is 0. The van der Waals surface area contributed by atoms with Crippen molar-refractivity contribution in [1.29, 1.82) is 0 Å². The molecule has 0 aliphatic rings. The summed E-state index contributed by atoms with van der Waals surface area (Å²) in [6.45, 7) is 10.2. The summed E-state index contributed by atoms with van der Waals surface area (Å²) in [5.41, 5.74) is 1.01. The predicted molar refractivity (Wildman–Crippen MR) is 71.1 cm³/mol. The number of nitrogens with zero attached hydrogens (tertiary/aromatic N) is 3. The van der Waals surface area contributed by atoms with Crippen molar-refractivity contribution in [3.8, 4) is 0 Å². The minimum atomic E-state index is -0.246. The molecule has 0 fully saturated rings. The Hall–Kier alpha value is -1.85. The van der Waals surface area contributed by atoms with Gasteiger partial charge in [-0.25, -0.2) is 19.3 Å². The first-order chi connectivity index (χ1) is 8.29. The van der Waals surface area contributed by atoms with Crippen molar-refractivity contribution in [2.75, 3.05) is 5.32 Å². The molecule has 2 aromatic rings. The number of aromatic amines is 1. The van der Waals surface area contributed by atoms with Gasteiger partial charge >= 0.3 is 5.69 Å². The largest absolute Gasteiger partial charge is 0.365 e. The fourth-order valence-electron chi connectivity index (χ4n) is 1.64. The van der Waals surface area contributed by atoms with E-state index in [0.29, 0.717) is 11.5 Å². The maximum Gasteiger partial charge on any atom is 0.347 e. The van der Waals surface area contributed by atoms with Gasteiger partial charge in [-0.3, -0.25) is 0 Å². The summed E-state index contributed by atoms with van der Waals surface area (Å²) in [7, 11) is 0. The van der Waals surface area contributed by atoms with Crippen LogP contribution in [0.4, 0.5) is 5.82 Å². The third-order valence-corrected chi connectivity index (χ3v) is 2.59. The second-order valence-electron chi connectivity index (χ2n) is 5.75. The molecule has 2 N–H and O–H groups in total. The number of H-pyrrole nitrogens is 1. The van der Waals surface area contributed by atoms with Crippen molar-refractivity contribution in [1.82, 2.24) is 19.6 Å². The first kappa shape index (κ1) is 12.6. The third kappa shape index (κ3) is 2.23. The van der Waals surface area contributed by atoms with Gasteiger partial charge in [-0.2, -0.15) is 0 Å². The molecule has 0 aliphatic carbocycles. The van der Waals surface area contributed by atoms with Crippen LogP contribution >= 0.6 is 0 Å². The zero-order valence-corrected chi connectivity index (χ0v) is 11.4. The van der Waals surface area contributed by atoms with E-state index >= 15 is 0 Å². The van der Waals surface area contributed by atoms with Gasteiger partial charge in [0.2, 0.25) is 5.65 Å². The van der Waals surface area contributed by atoms with E-state index in [4.69, 9.17) is 0 Å². The van der Waals surface area contributed by atoms with Gasteiger partial charge in [-0.15, -0.1) is 5.10 Å². The van der Waals surface area contributed by atoms with Crippen LogP contribution in [0.15, 0.2) is 11.0 Å². The van der Waals surface area contributed by atoms with E-state index < -0.39 is 0 Å². The molecule has 2 aromatic heterocycles. The van der Waals surface area contributed by atoms with Crippen LogP contribution in [-0.2, 0) is 5.41 Å². The van der Waals surface area contributed by atoms with Crippen molar-refractivity contribution in [3.05, 3.63) is 22.4 Å². The Morgan fingerprint density at radius 3 is 2.61 bits per heavy atom. The van der Waals surface area contributed by atoms with E-state index in [2.05, 4.69) is 41.3 Å². The van der Waals surface area contributed by atoms with E-state index in [1.54, 1.807) is 6.20 Å². The van der Waals surface area contributed by atoms with Crippen LogP contribution in [0.2, 0.25) is 0 Å². The molecular formula is C12H19N5O. The lowest BCUT2D eigenvalue weighted by molar-refractivity contribution is 0.564. The minimum absolute atomic E-state index is 0.127. The second kappa shape index (κ2) is 4.12. The van der Waals surface area contributed by atoms with Gasteiger partial charge in [0, 0.05) is 17.7 Å². The summed E-state index contributed by atoms with van der Waals surface area (Å²) < 4.78 is 1.50. The molecule has 0 spiro atoms. The van der Waals surface area contributed by atoms with Gasteiger partial charge in [0.15, 0.2) is 5.82 Å². The highest BCUT2D eigenvalue weighted by Gasteiger charge is 2.20. The topological polar surface area (TPSA) is 75.1 Å². The Bertz CT molecular complexity index is 617. The van der Waals surface area contributed by atoms with Crippen LogP contribution in [0, 0.1) is 0 Å². The SMILES string of the molecule is CC(C)Nc1nc(C(C)(C)C)cn2c(=O)[nH]nc12. The molecule has 18 heavy (non-hydrogen) atoms. The molecule has 2 heterocycles. The van der Waals surface area contributed by atoms with Gasteiger partial charge < -0.3 is 5.32 Å². The fourth-order valence-corrected chi connectivity index (χ4v) is 1.64. The Morgan fingerprint density at radius 1 is 1.39 bits per heavy atom. The zero-order valence-electron chi connectivity index (χ0n) is 11.4. The summed E-state index contributed by atoms with van der Waals surface area (Å²) in [6.07, 6.45) is 1.74. The van der Waals surface area contributed by atoms with Crippen LogP contribution < -0.4 is 11.0 Å². The molecule has 0 bridgehead atoms. The molecule has 6 nitrogen and oxygen atoms in total. The van der Waals surface area contributed by atoms with Crippen LogP contribution in [0.25, 0.3) is 5.65 Å². The van der Waals surface area contributed by atoms with E-state index in [1.165, 1.54) is 4.40 Å². The second-order valence-corrected chi connectivity index (χ2v) is 5.75. The zero-order chi connectivity index (χ0) is 13.5. The highest BCUT2D eigenvalue weighted by Crippen LogP contribution is 2.22. The van der Waals surface area contributed by atoms with Crippen molar-refractivity contribution in [2.24, 2.45) is 0 Å². The first-order valence-electron chi connectivity index (χ1n) is 6.04. The molecule has 6 heteroatoms. The molecule has 98 valence electrons. The molecule has 0 aliphatic heterocycles. The summed E-state index contributed by atoms with van der Waals surface area (Å²) in [5, 5.41) is 9.66. The molecule has 0 aromatic carbocycles. The van der Waals surface area contributed by atoms with E-state index in [0.717, 1.165) is 5.69 Å². The molecule has 0 unspecified atom stereocenters. The Morgan fingerprint density at radius 2 is 2.06 bits per heavy atom. The van der Waals surface area contributed by atoms with Gasteiger partial charge in [-0.1, -0.05) is 20.8 Å². The molecular weight excluding hydrogens is 230 g/mol. The van der Waals surface area contributed by atoms with Crippen molar-refractivity contribution in [2.45, 2.75) is 46.1 Å². The van der Waals surface area contributed by atoms with E-state index in [-0.39, 0.29) is 17.1 Å². The van der Waals surface area contributed by atoms with Gasteiger partial charge in [-0.05, 0) is 13.8 Å². The average molecular weight is 249 g/mol. The monoisotopic (exact) mass is 249 g/mol. The smallest absolute Gasteiger partial charge is 0.347 e. The van der Waals surface area contributed by atoms with Gasteiger partial charge in [0.05, 0.1) is 5.69 Å². The summed E-state index contributed by atoms with van der Waals surface area (Å²) in [4.78, 5) is 16.3. The van der Waals surface area contributed by atoms with E-state index in [9.17, 15) is 4.79 Å². The number of anilines is 1. The minimum Gasteiger partial charge on any atom is -0.365 e. The van der Waals surface area contributed by atoms with E-state index in [1.807, 2.05) is 13.8 Å². The molecule has 2 rings (SSSR count). The lowest BCUT2D eigenvalue weighted by Crippen LogP contribution is -2.21. The lowest BCUT2D eigenvalue weighted by atomic mass is 9.93. The normalized spacial score (nSPS) is 12.3. The molecule has 0 saturated heterocycles. The standard InChI is InChI=1S/C12H19N5O/c1-7(2)13-9-10-15-16-11(18)17(10)6-8(14-9)12(3,4)5/h6-7H,1-5H3,(H,13,14)(H,16,18). The highest BCUT2D eigenvalue weighted by molar-refractivity contribution is 5.62. The lowest BCUT2D eigenvalue weighted by Gasteiger charge is -2.19. The number of fused-ring (bicyclic) bond motifs is 1. The maximum atomic E-state index is 11.7. The van der Waals surface area contributed by atoms with Crippen LogP contribution in [0.1, 0.15) is 40.3 Å². The molecule has 0 atom stereocenters. The van der Waals surface area contributed by atoms with Crippen molar-refractivity contribution >= 4 is 11.5 Å². The summed E-state index contributed by atoms with van der Waals surface area (Å²) in [6, 6.07) is 0.225. The van der Waals surface area contributed by atoms with Gasteiger partial charge in [0.1, 0.15) is 0 Å². The molecule has 0 radical (unpaired) electrons. The Kier molecular flexibility index (Phi) is 2.88. The first-order valence-corrected chi connectivity index (χ1v) is 6.04. The van der Waals surface area contributed by atoms with Gasteiger partial charge in [0.25, 0.3) is 0 Å². The van der Waals surface area contributed by atoms with Crippen molar-refractivity contribution < 1.29 is 0 Å².